The minimum atomic E-state index is -0.383. The van der Waals surface area contributed by atoms with Crippen LogP contribution in [-0.4, -0.2) is 47.6 Å². The summed E-state index contributed by atoms with van der Waals surface area (Å²) in [5, 5.41) is 9.66. The highest BCUT2D eigenvalue weighted by Gasteiger charge is 2.30. The summed E-state index contributed by atoms with van der Waals surface area (Å²) in [7, 11) is 0. The van der Waals surface area contributed by atoms with E-state index < -0.39 is 0 Å². The van der Waals surface area contributed by atoms with Gasteiger partial charge < -0.3 is 14.9 Å². The Morgan fingerprint density at radius 3 is 2.82 bits per heavy atom. The van der Waals surface area contributed by atoms with Gasteiger partial charge in [0.15, 0.2) is 0 Å². The van der Waals surface area contributed by atoms with Gasteiger partial charge in [-0.05, 0) is 38.0 Å². The molecule has 2 aliphatic heterocycles. The van der Waals surface area contributed by atoms with Crippen LogP contribution in [-0.2, 0) is 4.79 Å². The third-order valence-electron chi connectivity index (χ3n) is 4.67. The van der Waals surface area contributed by atoms with E-state index in [4.69, 9.17) is 0 Å². The first-order chi connectivity index (χ1) is 10.6. The van der Waals surface area contributed by atoms with Gasteiger partial charge in [0.2, 0.25) is 5.91 Å². The highest BCUT2D eigenvalue weighted by atomic mass is 16.3. The molecule has 5 heteroatoms. The first kappa shape index (κ1) is 15.0. The molecule has 2 saturated heterocycles. The van der Waals surface area contributed by atoms with Crippen molar-refractivity contribution in [1.82, 2.24) is 4.90 Å². The molecule has 2 heterocycles. The summed E-state index contributed by atoms with van der Waals surface area (Å²) in [6.07, 6.45) is 1.92. The lowest BCUT2D eigenvalue weighted by Crippen LogP contribution is -2.30. The van der Waals surface area contributed by atoms with E-state index in [2.05, 4.69) is 0 Å². The standard InChI is InChI=1S/C17H22N2O3/c1-12(20)14-7-9-18(11-14)17(22)13-4-2-5-15(10-13)19-8-3-6-16(19)21/h2,4-5,10,12,14,20H,3,6-9,11H2,1H3. The number of amides is 2. The lowest BCUT2D eigenvalue weighted by Gasteiger charge is -2.20. The molecule has 0 aromatic heterocycles. The molecule has 0 radical (unpaired) electrons. The largest absolute Gasteiger partial charge is 0.393 e. The van der Waals surface area contributed by atoms with Crippen LogP contribution in [0, 0.1) is 5.92 Å². The topological polar surface area (TPSA) is 60.9 Å². The molecule has 1 aromatic rings. The Labute approximate surface area is 130 Å². The predicted molar refractivity (Wildman–Crippen MR) is 83.7 cm³/mol. The van der Waals surface area contributed by atoms with Gasteiger partial charge in [-0.3, -0.25) is 9.59 Å². The van der Waals surface area contributed by atoms with Crippen LogP contribution >= 0.6 is 0 Å². The highest BCUT2D eigenvalue weighted by Crippen LogP contribution is 2.25. The second-order valence-electron chi connectivity index (χ2n) is 6.24. The summed E-state index contributed by atoms with van der Waals surface area (Å²) in [5.74, 6) is 0.267. The molecule has 22 heavy (non-hydrogen) atoms. The third-order valence-corrected chi connectivity index (χ3v) is 4.67. The van der Waals surface area contributed by atoms with Crippen molar-refractivity contribution in [2.45, 2.75) is 32.3 Å². The third kappa shape index (κ3) is 2.86. The molecule has 0 spiro atoms. The number of hydrogen-bond donors (Lipinski definition) is 1. The maximum absolute atomic E-state index is 12.6. The van der Waals surface area contributed by atoms with Gasteiger partial charge >= 0.3 is 0 Å². The Morgan fingerprint density at radius 2 is 2.18 bits per heavy atom. The van der Waals surface area contributed by atoms with Gasteiger partial charge in [0, 0.05) is 43.2 Å². The summed E-state index contributed by atoms with van der Waals surface area (Å²) in [5.41, 5.74) is 1.42. The van der Waals surface area contributed by atoms with Crippen LogP contribution in [0.4, 0.5) is 5.69 Å². The molecule has 0 aliphatic carbocycles. The van der Waals surface area contributed by atoms with Gasteiger partial charge in [0.25, 0.3) is 5.91 Å². The minimum Gasteiger partial charge on any atom is -0.393 e. The van der Waals surface area contributed by atoms with E-state index in [1.165, 1.54) is 0 Å². The molecular weight excluding hydrogens is 280 g/mol. The van der Waals surface area contributed by atoms with Crippen LogP contribution < -0.4 is 4.90 Å². The van der Waals surface area contributed by atoms with E-state index in [1.807, 2.05) is 12.1 Å². The number of aliphatic hydroxyl groups is 1. The van der Waals surface area contributed by atoms with Crippen molar-refractivity contribution < 1.29 is 14.7 Å². The Kier molecular flexibility index (Phi) is 4.16. The van der Waals surface area contributed by atoms with Crippen molar-refractivity contribution >= 4 is 17.5 Å². The number of aliphatic hydroxyl groups excluding tert-OH is 1. The Balaban J connectivity index is 1.75. The zero-order chi connectivity index (χ0) is 15.7. The Morgan fingerprint density at radius 1 is 1.36 bits per heavy atom. The van der Waals surface area contributed by atoms with E-state index in [-0.39, 0.29) is 23.8 Å². The molecule has 0 saturated carbocycles. The molecule has 1 aromatic carbocycles. The zero-order valence-electron chi connectivity index (χ0n) is 12.9. The fourth-order valence-electron chi connectivity index (χ4n) is 3.28. The molecule has 0 bridgehead atoms. The number of carbonyl (C=O) groups excluding carboxylic acids is 2. The van der Waals surface area contributed by atoms with Crippen LogP contribution in [0.15, 0.2) is 24.3 Å². The average molecular weight is 302 g/mol. The second-order valence-corrected chi connectivity index (χ2v) is 6.24. The number of likely N-dealkylation sites (tertiary alicyclic amines) is 1. The molecule has 5 nitrogen and oxygen atoms in total. The van der Waals surface area contributed by atoms with Gasteiger partial charge in [0.05, 0.1) is 6.10 Å². The maximum Gasteiger partial charge on any atom is 0.253 e. The van der Waals surface area contributed by atoms with Crippen molar-refractivity contribution in [2.24, 2.45) is 5.92 Å². The molecule has 118 valence electrons. The van der Waals surface area contributed by atoms with E-state index in [0.29, 0.717) is 25.1 Å². The number of benzene rings is 1. The van der Waals surface area contributed by atoms with E-state index in [1.54, 1.807) is 28.9 Å². The van der Waals surface area contributed by atoms with Crippen LogP contribution in [0.2, 0.25) is 0 Å². The van der Waals surface area contributed by atoms with E-state index in [9.17, 15) is 14.7 Å². The number of anilines is 1. The summed E-state index contributed by atoms with van der Waals surface area (Å²) >= 11 is 0. The molecule has 2 fully saturated rings. The van der Waals surface area contributed by atoms with Crippen LogP contribution in [0.1, 0.15) is 36.5 Å². The minimum absolute atomic E-state index is 0.0170. The van der Waals surface area contributed by atoms with Gasteiger partial charge in [-0.1, -0.05) is 6.07 Å². The van der Waals surface area contributed by atoms with Crippen LogP contribution in [0.3, 0.4) is 0 Å². The molecule has 3 rings (SSSR count). The number of nitrogens with zero attached hydrogens (tertiary/aromatic N) is 2. The van der Waals surface area contributed by atoms with Gasteiger partial charge in [0.1, 0.15) is 0 Å². The second kappa shape index (κ2) is 6.08. The molecule has 2 amide bonds. The fraction of sp³-hybridized carbons (Fsp3) is 0.529. The van der Waals surface area contributed by atoms with Crippen molar-refractivity contribution in [1.29, 1.82) is 0 Å². The summed E-state index contributed by atoms with van der Waals surface area (Å²) in [6.45, 7) is 3.78. The highest BCUT2D eigenvalue weighted by molar-refractivity contribution is 5.99. The molecule has 2 aliphatic rings. The van der Waals surface area contributed by atoms with Crippen molar-refractivity contribution in [2.75, 3.05) is 24.5 Å². The molecule has 2 atom stereocenters. The van der Waals surface area contributed by atoms with E-state index >= 15 is 0 Å². The van der Waals surface area contributed by atoms with Gasteiger partial charge in [-0.15, -0.1) is 0 Å². The molecular formula is C17H22N2O3. The summed E-state index contributed by atoms with van der Waals surface area (Å²) < 4.78 is 0. The number of hydrogen-bond acceptors (Lipinski definition) is 3. The Hall–Kier alpha value is -1.88. The first-order valence-corrected chi connectivity index (χ1v) is 7.94. The maximum atomic E-state index is 12.6. The number of rotatable bonds is 3. The Bertz CT molecular complexity index is 585. The quantitative estimate of drug-likeness (QED) is 0.923. The predicted octanol–water partition coefficient (Wildman–Crippen LogP) is 1.66. The first-order valence-electron chi connectivity index (χ1n) is 7.94. The van der Waals surface area contributed by atoms with Crippen LogP contribution in [0.5, 0.6) is 0 Å². The smallest absolute Gasteiger partial charge is 0.253 e. The lowest BCUT2D eigenvalue weighted by molar-refractivity contribution is -0.117. The fourth-order valence-corrected chi connectivity index (χ4v) is 3.28. The van der Waals surface area contributed by atoms with E-state index in [0.717, 1.165) is 25.1 Å². The summed E-state index contributed by atoms with van der Waals surface area (Å²) in [6, 6.07) is 7.31. The van der Waals surface area contributed by atoms with Crippen molar-refractivity contribution in [3.63, 3.8) is 0 Å². The molecule has 1 N–H and O–H groups in total. The van der Waals surface area contributed by atoms with Crippen molar-refractivity contribution in [3.05, 3.63) is 29.8 Å². The van der Waals surface area contributed by atoms with Gasteiger partial charge in [-0.25, -0.2) is 0 Å². The van der Waals surface area contributed by atoms with Crippen LogP contribution in [0.25, 0.3) is 0 Å². The number of carbonyl (C=O) groups is 2. The SMILES string of the molecule is CC(O)C1CCN(C(=O)c2cccc(N3CCCC3=O)c2)C1. The zero-order valence-corrected chi connectivity index (χ0v) is 12.9. The lowest BCUT2D eigenvalue weighted by atomic mass is 10.0. The average Bonchev–Trinajstić information content (AvgIpc) is 3.15. The monoisotopic (exact) mass is 302 g/mol. The van der Waals surface area contributed by atoms with Crippen molar-refractivity contribution in [3.8, 4) is 0 Å². The molecule has 2 unspecified atom stereocenters. The van der Waals surface area contributed by atoms with Gasteiger partial charge in [-0.2, -0.15) is 0 Å². The summed E-state index contributed by atoms with van der Waals surface area (Å²) in [4.78, 5) is 28.0. The normalized spacial score (nSPS) is 23.2.